The number of amides is 1. The standard InChI is InChI=1S/C33H26F3NO7/c1-20-17-25(37-29(39)27-10-6-5-9-26(27)21-11-14-24(15-12-21)33(34,35)36)16-13-22(20)18-28(38)44-19-32(30(40)41,31(42)43)23-7-3-2-4-8-23/h2-17H,18-19H2,1H3,(H,37,39)(H,40,41)(H,42,43). The third-order valence-corrected chi connectivity index (χ3v) is 7.08. The molecule has 0 saturated heterocycles. The van der Waals surface area contributed by atoms with E-state index in [1.54, 1.807) is 49.4 Å². The Kier molecular flexibility index (Phi) is 9.17. The molecular weight excluding hydrogens is 579 g/mol. The first-order valence-electron chi connectivity index (χ1n) is 13.2. The molecule has 0 fully saturated rings. The van der Waals surface area contributed by atoms with Crippen molar-refractivity contribution < 1.29 is 47.3 Å². The lowest BCUT2D eigenvalue weighted by molar-refractivity contribution is -0.164. The molecule has 0 radical (unpaired) electrons. The van der Waals surface area contributed by atoms with Crippen molar-refractivity contribution in [1.82, 2.24) is 0 Å². The summed E-state index contributed by atoms with van der Waals surface area (Å²) in [5.41, 5.74) is -0.791. The highest BCUT2D eigenvalue weighted by Crippen LogP contribution is 2.32. The van der Waals surface area contributed by atoms with Crippen LogP contribution in [0.3, 0.4) is 0 Å². The third-order valence-electron chi connectivity index (χ3n) is 7.08. The Morgan fingerprint density at radius 3 is 1.98 bits per heavy atom. The highest BCUT2D eigenvalue weighted by Gasteiger charge is 2.50. The van der Waals surface area contributed by atoms with Crippen molar-refractivity contribution in [2.75, 3.05) is 11.9 Å². The van der Waals surface area contributed by atoms with Crippen LogP contribution in [0.4, 0.5) is 18.9 Å². The lowest BCUT2D eigenvalue weighted by atomic mass is 9.81. The van der Waals surface area contributed by atoms with E-state index in [-0.39, 0.29) is 17.5 Å². The van der Waals surface area contributed by atoms with Gasteiger partial charge in [-0.15, -0.1) is 0 Å². The van der Waals surface area contributed by atoms with Crippen molar-refractivity contribution >= 4 is 29.5 Å². The van der Waals surface area contributed by atoms with Crippen molar-refractivity contribution in [2.24, 2.45) is 0 Å². The SMILES string of the molecule is Cc1cc(NC(=O)c2ccccc2-c2ccc(C(F)(F)F)cc2)ccc1CC(=O)OCC(C(=O)O)(C(=O)O)c1ccccc1. The number of hydrogen-bond donors (Lipinski definition) is 3. The number of alkyl halides is 3. The normalized spacial score (nSPS) is 11.5. The zero-order valence-electron chi connectivity index (χ0n) is 23.2. The molecule has 4 aromatic rings. The van der Waals surface area contributed by atoms with Crippen LogP contribution in [0.1, 0.15) is 32.6 Å². The lowest BCUT2D eigenvalue weighted by Gasteiger charge is -2.25. The number of esters is 1. The Labute approximate surface area is 249 Å². The van der Waals surface area contributed by atoms with Gasteiger partial charge in [0.05, 0.1) is 12.0 Å². The Balaban J connectivity index is 1.46. The molecule has 0 atom stereocenters. The van der Waals surface area contributed by atoms with E-state index in [0.29, 0.717) is 27.9 Å². The number of halogens is 3. The van der Waals surface area contributed by atoms with Crippen LogP contribution < -0.4 is 5.32 Å². The number of nitrogens with one attached hydrogen (secondary N) is 1. The number of hydrogen-bond acceptors (Lipinski definition) is 5. The molecule has 0 aliphatic heterocycles. The maximum Gasteiger partial charge on any atom is 0.416 e. The predicted octanol–water partition coefficient (Wildman–Crippen LogP) is 6.13. The molecule has 11 heteroatoms. The first-order chi connectivity index (χ1) is 20.8. The second-order valence-electron chi connectivity index (χ2n) is 9.94. The molecule has 0 aromatic heterocycles. The van der Waals surface area contributed by atoms with Gasteiger partial charge in [-0.2, -0.15) is 13.2 Å². The number of aliphatic carboxylic acids is 2. The maximum atomic E-state index is 13.2. The van der Waals surface area contributed by atoms with Gasteiger partial charge >= 0.3 is 24.1 Å². The largest absolute Gasteiger partial charge is 0.480 e. The number of carboxylic acid groups (broad SMARTS) is 2. The molecule has 1 amide bonds. The van der Waals surface area contributed by atoms with Crippen LogP contribution in [0.25, 0.3) is 11.1 Å². The Morgan fingerprint density at radius 1 is 0.773 bits per heavy atom. The van der Waals surface area contributed by atoms with Crippen LogP contribution >= 0.6 is 0 Å². The van der Waals surface area contributed by atoms with Gasteiger partial charge in [-0.1, -0.05) is 66.7 Å². The van der Waals surface area contributed by atoms with Crippen molar-refractivity contribution in [3.8, 4) is 11.1 Å². The smallest absolute Gasteiger partial charge is 0.416 e. The fourth-order valence-electron chi connectivity index (χ4n) is 4.61. The summed E-state index contributed by atoms with van der Waals surface area (Å²) >= 11 is 0. The Hall–Kier alpha value is -5.45. The average molecular weight is 606 g/mol. The van der Waals surface area contributed by atoms with Crippen molar-refractivity contribution in [2.45, 2.75) is 24.9 Å². The highest BCUT2D eigenvalue weighted by molar-refractivity contribution is 6.09. The first-order valence-corrected chi connectivity index (χ1v) is 13.2. The predicted molar refractivity (Wildman–Crippen MR) is 154 cm³/mol. The van der Waals surface area contributed by atoms with E-state index in [0.717, 1.165) is 12.1 Å². The quantitative estimate of drug-likeness (QED) is 0.147. The van der Waals surface area contributed by atoms with Gasteiger partial charge in [0.25, 0.3) is 5.91 Å². The van der Waals surface area contributed by atoms with E-state index >= 15 is 0 Å². The summed E-state index contributed by atoms with van der Waals surface area (Å²) in [6, 6.07) is 22.9. The number of ether oxygens (including phenoxy) is 1. The number of anilines is 1. The second-order valence-corrected chi connectivity index (χ2v) is 9.94. The summed E-state index contributed by atoms with van der Waals surface area (Å²) < 4.78 is 44.1. The molecule has 44 heavy (non-hydrogen) atoms. The van der Waals surface area contributed by atoms with Gasteiger partial charge in [0.15, 0.2) is 0 Å². The number of rotatable bonds is 10. The van der Waals surface area contributed by atoms with Gasteiger partial charge in [0.2, 0.25) is 5.41 Å². The van der Waals surface area contributed by atoms with E-state index in [4.69, 9.17) is 4.74 Å². The van der Waals surface area contributed by atoms with Gasteiger partial charge in [-0.3, -0.25) is 19.2 Å². The average Bonchev–Trinajstić information content (AvgIpc) is 2.98. The van der Waals surface area contributed by atoms with Crippen molar-refractivity contribution in [3.63, 3.8) is 0 Å². The van der Waals surface area contributed by atoms with Crippen molar-refractivity contribution in [1.29, 1.82) is 0 Å². The number of aryl methyl sites for hydroxylation is 1. The molecule has 4 rings (SSSR count). The number of benzene rings is 4. The molecule has 0 spiro atoms. The summed E-state index contributed by atoms with van der Waals surface area (Å²) in [4.78, 5) is 49.8. The summed E-state index contributed by atoms with van der Waals surface area (Å²) in [6.45, 7) is 0.753. The second kappa shape index (κ2) is 12.8. The number of carbonyl (C=O) groups is 4. The topological polar surface area (TPSA) is 130 Å². The third kappa shape index (κ3) is 6.78. The molecule has 0 saturated carbocycles. The van der Waals surface area contributed by atoms with Crippen LogP contribution in [0, 0.1) is 6.92 Å². The van der Waals surface area contributed by atoms with Crippen LogP contribution in [0.2, 0.25) is 0 Å². The van der Waals surface area contributed by atoms with Gasteiger partial charge in [-0.25, -0.2) is 0 Å². The minimum absolute atomic E-state index is 0.0519. The number of carbonyl (C=O) groups excluding carboxylic acids is 2. The molecule has 0 bridgehead atoms. The molecule has 226 valence electrons. The summed E-state index contributed by atoms with van der Waals surface area (Å²) in [5.74, 6) is -4.72. The fraction of sp³-hybridized carbons (Fsp3) is 0.152. The summed E-state index contributed by atoms with van der Waals surface area (Å²) in [7, 11) is 0. The fourth-order valence-corrected chi connectivity index (χ4v) is 4.61. The van der Waals surface area contributed by atoms with E-state index in [9.17, 15) is 42.6 Å². The molecule has 3 N–H and O–H groups in total. The van der Waals surface area contributed by atoms with Crippen LogP contribution in [-0.4, -0.2) is 40.6 Å². The van der Waals surface area contributed by atoms with Crippen LogP contribution in [-0.2, 0) is 37.1 Å². The molecule has 4 aromatic carbocycles. The van der Waals surface area contributed by atoms with E-state index in [1.165, 1.54) is 42.5 Å². The molecule has 8 nitrogen and oxygen atoms in total. The zero-order chi connectivity index (χ0) is 32.1. The van der Waals surface area contributed by atoms with Crippen LogP contribution in [0.15, 0.2) is 97.1 Å². The minimum atomic E-state index is -4.49. The van der Waals surface area contributed by atoms with Gasteiger partial charge in [0.1, 0.15) is 6.61 Å². The van der Waals surface area contributed by atoms with Gasteiger partial charge in [-0.05, 0) is 65.1 Å². The molecular formula is C33H26F3NO7. The minimum Gasteiger partial charge on any atom is -0.480 e. The lowest BCUT2D eigenvalue weighted by Crippen LogP contribution is -2.48. The molecule has 0 heterocycles. The Morgan fingerprint density at radius 2 is 1.39 bits per heavy atom. The van der Waals surface area contributed by atoms with Crippen LogP contribution in [0.5, 0.6) is 0 Å². The summed E-state index contributed by atoms with van der Waals surface area (Å²) in [5, 5.41) is 22.3. The van der Waals surface area contributed by atoms with E-state index in [2.05, 4.69) is 5.32 Å². The number of carboxylic acids is 2. The molecule has 0 aliphatic rings. The molecule has 0 unspecified atom stereocenters. The Bertz CT molecular complexity index is 1690. The highest BCUT2D eigenvalue weighted by atomic mass is 19.4. The van der Waals surface area contributed by atoms with E-state index < -0.39 is 47.6 Å². The maximum absolute atomic E-state index is 13.2. The van der Waals surface area contributed by atoms with Crippen molar-refractivity contribution in [3.05, 3.63) is 125 Å². The summed E-state index contributed by atoms with van der Waals surface area (Å²) in [6.07, 6.45) is -4.78. The van der Waals surface area contributed by atoms with E-state index in [1.807, 2.05) is 0 Å². The van der Waals surface area contributed by atoms with Gasteiger partial charge in [0, 0.05) is 11.3 Å². The first kappa shape index (κ1) is 31.5. The van der Waals surface area contributed by atoms with Gasteiger partial charge < -0.3 is 20.3 Å². The zero-order valence-corrected chi connectivity index (χ0v) is 23.2. The monoisotopic (exact) mass is 605 g/mol. The molecule has 0 aliphatic carbocycles.